The zero-order chi connectivity index (χ0) is 25.3. The highest BCUT2D eigenvalue weighted by Gasteiger charge is 2.36. The Morgan fingerprint density at radius 2 is 2.25 bits per heavy atom. The lowest BCUT2D eigenvalue weighted by Gasteiger charge is -2.25. The predicted molar refractivity (Wildman–Crippen MR) is 117 cm³/mol. The number of nitrogens with one attached hydrogen (secondary N) is 1. The lowest BCUT2D eigenvalue weighted by Crippen LogP contribution is -2.40. The summed E-state index contributed by atoms with van der Waals surface area (Å²) in [5.74, 6) is 0. The van der Waals surface area contributed by atoms with Gasteiger partial charge in [-0.3, -0.25) is 15.1 Å². The quantitative estimate of drug-likeness (QED) is 0.533. The van der Waals surface area contributed by atoms with Gasteiger partial charge in [0.25, 0.3) is 5.69 Å². The van der Waals surface area contributed by atoms with Crippen LogP contribution in [-0.4, -0.2) is 51.9 Å². The lowest BCUT2D eigenvalue weighted by atomic mass is 10.0. The maximum Gasteiger partial charge on any atom is 0.407 e. The molecule has 32 heavy (non-hydrogen) atoms. The van der Waals surface area contributed by atoms with Gasteiger partial charge in [0.2, 0.25) is 0 Å². The summed E-state index contributed by atoms with van der Waals surface area (Å²) < 4.78 is 21.1. The molecule has 2 aromatic rings. The molecule has 0 spiro atoms. The number of rotatable bonds is 5. The summed E-state index contributed by atoms with van der Waals surface area (Å²) in [6, 6.07) is 5.94. The first-order chi connectivity index (χ1) is 15.8. The van der Waals surface area contributed by atoms with Gasteiger partial charge in [0.15, 0.2) is 0 Å². The molecule has 1 amide bonds. The van der Waals surface area contributed by atoms with Crippen LogP contribution in [0.3, 0.4) is 0 Å². The van der Waals surface area contributed by atoms with Gasteiger partial charge in [0.05, 0.1) is 37.9 Å². The molecule has 0 radical (unpaired) electrons. The monoisotopic (exact) mass is 441 g/mol. The largest absolute Gasteiger partial charge is 0.444 e. The standard InChI is InChI=1S/C22H25N5O5/c1-22(2,3)32-21(29)25-16-9-17(13-28)26(12-16)20-8-14(4-5-19(20)27(30)31)18-11-24-7-6-15(18)10-23/h4-8,11,16-17,28H,9,12-13H2,1-3H3,(H,25,29)/t16-,17-/m0/s1/i13D2. The third kappa shape index (κ3) is 5.12. The molecule has 2 heterocycles. The van der Waals surface area contributed by atoms with Crippen LogP contribution in [0.2, 0.25) is 0 Å². The molecule has 2 N–H and O–H groups in total. The van der Waals surface area contributed by atoms with Gasteiger partial charge in [0, 0.05) is 30.6 Å². The summed E-state index contributed by atoms with van der Waals surface area (Å²) in [4.78, 5) is 28.8. The first kappa shape index (κ1) is 20.2. The summed E-state index contributed by atoms with van der Waals surface area (Å²) in [5, 5.41) is 34.1. The number of alkyl carbamates (subject to hydrolysis) is 1. The Kier molecular flexibility index (Phi) is 5.81. The highest BCUT2D eigenvalue weighted by atomic mass is 16.6. The molecular formula is C22H25N5O5. The fraction of sp³-hybridized carbons (Fsp3) is 0.409. The summed E-state index contributed by atoms with van der Waals surface area (Å²) in [5.41, 5.74) is 0.223. The number of nitriles is 1. The maximum atomic E-state index is 12.2. The Bertz CT molecular complexity index is 1140. The zero-order valence-electron chi connectivity index (χ0n) is 19.9. The van der Waals surface area contributed by atoms with Crippen LogP contribution in [0.15, 0.2) is 36.7 Å². The number of hydrogen-bond acceptors (Lipinski definition) is 8. The number of aromatic nitrogens is 1. The van der Waals surface area contributed by atoms with Crippen LogP contribution in [0.4, 0.5) is 16.2 Å². The van der Waals surface area contributed by atoms with Crippen LogP contribution < -0.4 is 10.2 Å². The van der Waals surface area contributed by atoms with Crippen molar-refractivity contribution in [2.75, 3.05) is 18.0 Å². The van der Waals surface area contributed by atoms with Gasteiger partial charge in [-0.2, -0.15) is 5.26 Å². The molecule has 2 atom stereocenters. The van der Waals surface area contributed by atoms with Crippen LogP contribution in [0.1, 0.15) is 35.5 Å². The molecule has 1 saturated heterocycles. The molecular weight excluding hydrogens is 414 g/mol. The van der Waals surface area contributed by atoms with Gasteiger partial charge >= 0.3 is 6.09 Å². The number of benzene rings is 1. The van der Waals surface area contributed by atoms with E-state index in [9.17, 15) is 25.3 Å². The van der Waals surface area contributed by atoms with Crippen molar-refractivity contribution in [3.8, 4) is 17.2 Å². The smallest absolute Gasteiger partial charge is 0.407 e. The summed E-state index contributed by atoms with van der Waals surface area (Å²) in [6.07, 6.45) is 2.19. The highest BCUT2D eigenvalue weighted by molar-refractivity contribution is 5.78. The molecule has 0 unspecified atom stereocenters. The topological polar surface area (TPSA) is 142 Å². The van der Waals surface area contributed by atoms with E-state index >= 15 is 0 Å². The number of aliphatic hydroxyl groups is 1. The second-order valence-electron chi connectivity index (χ2n) is 8.37. The van der Waals surface area contributed by atoms with E-state index in [1.54, 1.807) is 20.8 Å². The number of pyridine rings is 1. The molecule has 1 aromatic carbocycles. The molecule has 0 bridgehead atoms. The van der Waals surface area contributed by atoms with Gasteiger partial charge in [-0.05, 0) is 51.0 Å². The average molecular weight is 441 g/mol. The van der Waals surface area contributed by atoms with E-state index in [1.807, 2.05) is 0 Å². The van der Waals surface area contributed by atoms with Crippen molar-refractivity contribution in [1.29, 1.82) is 5.26 Å². The average Bonchev–Trinajstić information content (AvgIpc) is 3.15. The first-order valence-corrected chi connectivity index (χ1v) is 9.91. The number of nitro groups is 1. The third-order valence-corrected chi connectivity index (χ3v) is 4.91. The zero-order valence-corrected chi connectivity index (χ0v) is 17.9. The molecule has 10 nitrogen and oxygen atoms in total. The fourth-order valence-corrected chi connectivity index (χ4v) is 3.60. The molecule has 3 rings (SSSR count). The lowest BCUT2D eigenvalue weighted by molar-refractivity contribution is -0.384. The van der Waals surface area contributed by atoms with Crippen molar-refractivity contribution in [2.24, 2.45) is 0 Å². The second kappa shape index (κ2) is 9.20. The minimum atomic E-state index is -2.72. The van der Waals surface area contributed by atoms with Gasteiger partial charge in [0.1, 0.15) is 11.3 Å². The van der Waals surface area contributed by atoms with Crippen molar-refractivity contribution < 1.29 is 22.3 Å². The Morgan fingerprint density at radius 1 is 1.50 bits per heavy atom. The number of carbonyl (C=O) groups excluding carboxylic acids is 1. The Morgan fingerprint density at radius 3 is 2.88 bits per heavy atom. The second-order valence-corrected chi connectivity index (χ2v) is 8.37. The molecule has 1 aliphatic rings. The molecule has 1 aromatic heterocycles. The van der Waals surface area contributed by atoms with Crippen molar-refractivity contribution in [2.45, 2.75) is 44.9 Å². The minimum absolute atomic E-state index is 0.00752. The SMILES string of the molecule is [2H]C([2H])(O)[C@@H]1C[C@H](NC(=O)OC(C)(C)C)CN1c1cc(-c2cnccc2C#N)ccc1[N+](=O)[O-]. The molecule has 10 heteroatoms. The first-order valence-electron chi connectivity index (χ1n) is 10.9. The summed E-state index contributed by atoms with van der Waals surface area (Å²) in [6.45, 7) is 2.37. The van der Waals surface area contributed by atoms with E-state index in [4.69, 9.17) is 7.48 Å². The molecule has 0 aliphatic carbocycles. The summed E-state index contributed by atoms with van der Waals surface area (Å²) >= 11 is 0. The molecule has 0 saturated carbocycles. The Labute approximate surface area is 188 Å². The number of carbonyl (C=O) groups is 1. The normalized spacial score (nSPS) is 19.5. The Balaban J connectivity index is 2.03. The van der Waals surface area contributed by atoms with E-state index in [-0.39, 0.29) is 24.3 Å². The highest BCUT2D eigenvalue weighted by Crippen LogP contribution is 2.37. The van der Waals surface area contributed by atoms with Crippen LogP contribution in [0.25, 0.3) is 11.1 Å². The van der Waals surface area contributed by atoms with Crippen molar-refractivity contribution in [1.82, 2.24) is 10.3 Å². The molecule has 1 aliphatic heterocycles. The number of nitrogens with zero attached hydrogens (tertiary/aromatic N) is 4. The number of hydrogen-bond donors (Lipinski definition) is 2. The third-order valence-electron chi connectivity index (χ3n) is 4.91. The molecule has 1 fully saturated rings. The van der Waals surface area contributed by atoms with Crippen LogP contribution >= 0.6 is 0 Å². The maximum absolute atomic E-state index is 12.2. The van der Waals surface area contributed by atoms with Crippen molar-refractivity contribution >= 4 is 17.5 Å². The van der Waals surface area contributed by atoms with E-state index in [0.29, 0.717) is 16.7 Å². The van der Waals surface area contributed by atoms with E-state index < -0.39 is 35.3 Å². The van der Waals surface area contributed by atoms with E-state index in [1.165, 1.54) is 41.6 Å². The molecule has 168 valence electrons. The van der Waals surface area contributed by atoms with Gasteiger partial charge in [-0.15, -0.1) is 0 Å². The number of nitro benzene ring substituents is 1. The van der Waals surface area contributed by atoms with Crippen LogP contribution in [0.5, 0.6) is 0 Å². The van der Waals surface area contributed by atoms with Gasteiger partial charge < -0.3 is 20.1 Å². The number of anilines is 1. The number of amides is 1. The Hall–Kier alpha value is -3.71. The van der Waals surface area contributed by atoms with Gasteiger partial charge in [-0.25, -0.2) is 4.79 Å². The van der Waals surface area contributed by atoms with Crippen molar-refractivity contribution in [3.63, 3.8) is 0 Å². The fourth-order valence-electron chi connectivity index (χ4n) is 3.60. The van der Waals surface area contributed by atoms with E-state index in [0.717, 1.165) is 0 Å². The van der Waals surface area contributed by atoms with E-state index in [2.05, 4.69) is 16.4 Å². The summed E-state index contributed by atoms with van der Waals surface area (Å²) in [7, 11) is 0. The van der Waals surface area contributed by atoms with Crippen molar-refractivity contribution in [3.05, 3.63) is 52.3 Å². The van der Waals surface area contributed by atoms with Gasteiger partial charge in [-0.1, -0.05) is 0 Å². The number of ether oxygens (including phenoxy) is 1. The predicted octanol–water partition coefficient (Wildman–Crippen LogP) is 2.99. The van der Waals surface area contributed by atoms with Crippen LogP contribution in [0, 0.1) is 21.4 Å². The minimum Gasteiger partial charge on any atom is -0.444 e. The van der Waals surface area contributed by atoms with Crippen LogP contribution in [-0.2, 0) is 4.74 Å².